The minimum absolute atomic E-state index is 0.0287. The van der Waals surface area contributed by atoms with Crippen molar-refractivity contribution in [3.8, 4) is 0 Å². The third-order valence-electron chi connectivity index (χ3n) is 4.46. The summed E-state index contributed by atoms with van der Waals surface area (Å²) in [6, 6.07) is 8.96. The Morgan fingerprint density at radius 3 is 2.43 bits per heavy atom. The predicted octanol–water partition coefficient (Wildman–Crippen LogP) is 2.73. The molecule has 0 aromatic heterocycles. The van der Waals surface area contributed by atoms with Gasteiger partial charge in [0, 0.05) is 13.0 Å². The number of rotatable bonds is 6. The molecule has 1 saturated carbocycles. The molecule has 2 rings (SSSR count). The second-order valence-electron chi connectivity index (χ2n) is 6.13. The molecular weight excluding hydrogens is 266 g/mol. The van der Waals surface area contributed by atoms with Crippen molar-refractivity contribution in [2.24, 2.45) is 5.92 Å². The molecule has 21 heavy (non-hydrogen) atoms. The Hall–Kier alpha value is -1.84. The zero-order chi connectivity index (χ0) is 15.3. The van der Waals surface area contributed by atoms with Crippen LogP contribution in [-0.4, -0.2) is 23.5 Å². The summed E-state index contributed by atoms with van der Waals surface area (Å²) in [5.41, 5.74) is -0.519. The number of aliphatic carboxylic acids is 1. The van der Waals surface area contributed by atoms with Crippen LogP contribution in [0.1, 0.15) is 44.6 Å². The average Bonchev–Trinajstić information content (AvgIpc) is 2.99. The first-order valence-corrected chi connectivity index (χ1v) is 7.58. The van der Waals surface area contributed by atoms with Gasteiger partial charge in [-0.2, -0.15) is 0 Å². The fourth-order valence-electron chi connectivity index (χ4n) is 2.96. The van der Waals surface area contributed by atoms with Crippen LogP contribution >= 0.6 is 0 Å². The van der Waals surface area contributed by atoms with Gasteiger partial charge in [0.15, 0.2) is 0 Å². The molecule has 1 aliphatic rings. The summed E-state index contributed by atoms with van der Waals surface area (Å²) in [5.74, 6) is -0.595. The highest BCUT2D eigenvalue weighted by atomic mass is 16.4. The van der Waals surface area contributed by atoms with Crippen LogP contribution in [-0.2, 0) is 15.0 Å². The van der Waals surface area contributed by atoms with Crippen molar-refractivity contribution in [1.29, 1.82) is 0 Å². The predicted molar refractivity (Wildman–Crippen MR) is 81.0 cm³/mol. The molecule has 1 aromatic rings. The lowest BCUT2D eigenvalue weighted by molar-refractivity contribution is -0.145. The fourth-order valence-corrected chi connectivity index (χ4v) is 2.96. The maximum Gasteiger partial charge on any atom is 0.314 e. The zero-order valence-electron chi connectivity index (χ0n) is 12.5. The Labute approximate surface area is 125 Å². The monoisotopic (exact) mass is 289 g/mol. The second kappa shape index (κ2) is 6.74. The Balaban J connectivity index is 1.99. The molecule has 0 saturated heterocycles. The van der Waals surface area contributed by atoms with E-state index in [1.807, 2.05) is 6.07 Å². The lowest BCUT2D eigenvalue weighted by Crippen LogP contribution is -2.39. The SMILES string of the molecule is CC(CC(=O)NCC1CCCC1)(C(=O)O)c1ccccc1. The van der Waals surface area contributed by atoms with E-state index in [-0.39, 0.29) is 12.3 Å². The molecule has 1 atom stereocenters. The Morgan fingerprint density at radius 1 is 1.24 bits per heavy atom. The number of carboxylic acids is 1. The van der Waals surface area contributed by atoms with Gasteiger partial charge in [-0.25, -0.2) is 0 Å². The summed E-state index contributed by atoms with van der Waals surface area (Å²) in [7, 11) is 0. The first kappa shape index (κ1) is 15.5. The zero-order valence-corrected chi connectivity index (χ0v) is 12.5. The minimum Gasteiger partial charge on any atom is -0.481 e. The van der Waals surface area contributed by atoms with Crippen molar-refractivity contribution in [1.82, 2.24) is 5.32 Å². The van der Waals surface area contributed by atoms with Crippen LogP contribution < -0.4 is 5.32 Å². The van der Waals surface area contributed by atoms with E-state index < -0.39 is 11.4 Å². The number of hydrogen-bond donors (Lipinski definition) is 2. The molecule has 1 aromatic carbocycles. The summed E-state index contributed by atoms with van der Waals surface area (Å²) >= 11 is 0. The maximum atomic E-state index is 12.1. The third-order valence-corrected chi connectivity index (χ3v) is 4.46. The van der Waals surface area contributed by atoms with Crippen molar-refractivity contribution in [2.45, 2.75) is 44.4 Å². The van der Waals surface area contributed by atoms with Gasteiger partial charge in [0.25, 0.3) is 0 Å². The smallest absolute Gasteiger partial charge is 0.314 e. The summed E-state index contributed by atoms with van der Waals surface area (Å²) in [4.78, 5) is 23.8. The van der Waals surface area contributed by atoms with E-state index in [2.05, 4.69) is 5.32 Å². The highest BCUT2D eigenvalue weighted by Crippen LogP contribution is 2.28. The molecule has 114 valence electrons. The molecular formula is C17H23NO3. The molecule has 0 aliphatic heterocycles. The van der Waals surface area contributed by atoms with Gasteiger partial charge in [-0.15, -0.1) is 0 Å². The van der Waals surface area contributed by atoms with E-state index in [1.165, 1.54) is 12.8 Å². The number of benzene rings is 1. The molecule has 4 nitrogen and oxygen atoms in total. The first-order chi connectivity index (χ1) is 10.0. The lowest BCUT2D eigenvalue weighted by Gasteiger charge is -2.25. The van der Waals surface area contributed by atoms with E-state index in [1.54, 1.807) is 31.2 Å². The number of carbonyl (C=O) groups is 2. The van der Waals surface area contributed by atoms with E-state index >= 15 is 0 Å². The number of carboxylic acid groups (broad SMARTS) is 1. The number of nitrogens with one attached hydrogen (secondary N) is 1. The van der Waals surface area contributed by atoms with Crippen molar-refractivity contribution in [3.05, 3.63) is 35.9 Å². The van der Waals surface area contributed by atoms with Crippen molar-refractivity contribution < 1.29 is 14.7 Å². The topological polar surface area (TPSA) is 66.4 Å². The van der Waals surface area contributed by atoms with Crippen LogP contribution in [0.2, 0.25) is 0 Å². The Kier molecular flexibility index (Phi) is 4.99. The largest absolute Gasteiger partial charge is 0.481 e. The highest BCUT2D eigenvalue weighted by Gasteiger charge is 2.37. The van der Waals surface area contributed by atoms with Crippen LogP contribution in [0.3, 0.4) is 0 Å². The van der Waals surface area contributed by atoms with Gasteiger partial charge in [-0.05, 0) is 31.2 Å². The highest BCUT2D eigenvalue weighted by molar-refractivity contribution is 5.89. The number of amides is 1. The third kappa shape index (κ3) is 3.84. The Bertz CT molecular complexity index is 494. The molecule has 0 radical (unpaired) electrons. The van der Waals surface area contributed by atoms with Crippen LogP contribution in [0.25, 0.3) is 0 Å². The molecule has 0 heterocycles. The van der Waals surface area contributed by atoms with Crippen molar-refractivity contribution >= 4 is 11.9 Å². The van der Waals surface area contributed by atoms with Crippen LogP contribution in [0.5, 0.6) is 0 Å². The van der Waals surface area contributed by atoms with Crippen molar-refractivity contribution in [3.63, 3.8) is 0 Å². The summed E-state index contributed by atoms with van der Waals surface area (Å²) < 4.78 is 0. The van der Waals surface area contributed by atoms with Gasteiger partial charge in [-0.3, -0.25) is 9.59 Å². The molecule has 1 aliphatic carbocycles. The average molecular weight is 289 g/mol. The molecule has 1 amide bonds. The first-order valence-electron chi connectivity index (χ1n) is 7.58. The summed E-state index contributed by atoms with van der Waals surface area (Å²) in [6.07, 6.45) is 4.76. The number of hydrogen-bond acceptors (Lipinski definition) is 2. The summed E-state index contributed by atoms with van der Waals surface area (Å²) in [5, 5.41) is 12.4. The van der Waals surface area contributed by atoms with Crippen LogP contribution in [0, 0.1) is 5.92 Å². The minimum atomic E-state index is -1.18. The van der Waals surface area contributed by atoms with Crippen LogP contribution in [0.15, 0.2) is 30.3 Å². The van der Waals surface area contributed by atoms with Crippen LogP contribution in [0.4, 0.5) is 0 Å². The van der Waals surface area contributed by atoms with E-state index in [4.69, 9.17) is 0 Å². The standard InChI is InChI=1S/C17H23NO3/c1-17(16(20)21,14-9-3-2-4-10-14)11-15(19)18-12-13-7-5-6-8-13/h2-4,9-10,13H,5-8,11-12H2,1H3,(H,18,19)(H,20,21). The Morgan fingerprint density at radius 2 is 1.86 bits per heavy atom. The summed E-state index contributed by atoms with van der Waals surface area (Å²) in [6.45, 7) is 2.28. The van der Waals surface area contributed by atoms with Gasteiger partial charge in [0.1, 0.15) is 0 Å². The molecule has 0 bridgehead atoms. The second-order valence-corrected chi connectivity index (χ2v) is 6.13. The lowest BCUT2D eigenvalue weighted by atomic mass is 9.79. The van der Waals surface area contributed by atoms with E-state index in [0.29, 0.717) is 18.0 Å². The molecule has 2 N–H and O–H groups in total. The quantitative estimate of drug-likeness (QED) is 0.846. The van der Waals surface area contributed by atoms with Gasteiger partial charge in [0.05, 0.1) is 5.41 Å². The molecule has 1 fully saturated rings. The fraction of sp³-hybridized carbons (Fsp3) is 0.529. The molecule has 1 unspecified atom stereocenters. The van der Waals surface area contributed by atoms with Gasteiger partial charge in [0.2, 0.25) is 5.91 Å². The maximum absolute atomic E-state index is 12.1. The van der Waals surface area contributed by atoms with Crippen molar-refractivity contribution in [2.75, 3.05) is 6.54 Å². The molecule has 0 spiro atoms. The van der Waals surface area contributed by atoms with Gasteiger partial charge < -0.3 is 10.4 Å². The van der Waals surface area contributed by atoms with E-state index in [0.717, 1.165) is 12.8 Å². The molecule has 4 heteroatoms. The van der Waals surface area contributed by atoms with Gasteiger partial charge >= 0.3 is 5.97 Å². The number of carbonyl (C=O) groups excluding carboxylic acids is 1. The van der Waals surface area contributed by atoms with E-state index in [9.17, 15) is 14.7 Å². The normalized spacial score (nSPS) is 18.1. The van der Waals surface area contributed by atoms with Gasteiger partial charge in [-0.1, -0.05) is 43.2 Å².